The van der Waals surface area contributed by atoms with Crippen molar-refractivity contribution in [2.75, 3.05) is 24.7 Å². The fraction of sp³-hybridized carbons (Fsp3) is 0.300. The first-order valence-electron chi connectivity index (χ1n) is 4.40. The van der Waals surface area contributed by atoms with Crippen molar-refractivity contribution in [3.05, 3.63) is 23.8 Å². The number of esters is 1. The van der Waals surface area contributed by atoms with Crippen LogP contribution in [0.1, 0.15) is 17.3 Å². The lowest BCUT2D eigenvalue weighted by atomic mass is 10.1. The Hall–Kier alpha value is -1.71. The van der Waals surface area contributed by atoms with E-state index in [0.717, 1.165) is 12.2 Å². The predicted molar refractivity (Wildman–Crippen MR) is 56.4 cm³/mol. The van der Waals surface area contributed by atoms with E-state index in [9.17, 15) is 4.79 Å². The fourth-order valence-electron chi connectivity index (χ4n) is 1.16. The minimum atomic E-state index is -0.415. The molecule has 14 heavy (non-hydrogen) atoms. The molecule has 4 heteroatoms. The molecule has 0 aliphatic carbocycles. The Kier molecular flexibility index (Phi) is 3.34. The van der Waals surface area contributed by atoms with Gasteiger partial charge in [-0.05, 0) is 25.1 Å². The minimum absolute atomic E-state index is 0.394. The molecule has 0 aliphatic heterocycles. The molecule has 1 rings (SSSR count). The number of carbonyl (C=O) groups is 1. The van der Waals surface area contributed by atoms with Gasteiger partial charge in [0.25, 0.3) is 0 Å². The largest absolute Gasteiger partial charge is 0.465 e. The van der Waals surface area contributed by atoms with Crippen LogP contribution >= 0.6 is 0 Å². The number of hydrogen-bond acceptors (Lipinski definition) is 4. The summed E-state index contributed by atoms with van der Waals surface area (Å²) in [7, 11) is 1.34. The van der Waals surface area contributed by atoms with E-state index in [1.54, 1.807) is 12.1 Å². The molecule has 0 unspecified atom stereocenters. The van der Waals surface area contributed by atoms with Crippen LogP contribution in [0.15, 0.2) is 18.2 Å². The number of hydrogen-bond donors (Lipinski definition) is 2. The zero-order valence-corrected chi connectivity index (χ0v) is 8.33. The molecule has 1 aromatic carbocycles. The van der Waals surface area contributed by atoms with Gasteiger partial charge in [-0.1, -0.05) is 0 Å². The van der Waals surface area contributed by atoms with Crippen LogP contribution in [0.3, 0.4) is 0 Å². The number of nitrogens with two attached hydrogens (primary N) is 1. The first-order chi connectivity index (χ1) is 6.69. The molecule has 0 radical (unpaired) electrons. The molecule has 3 N–H and O–H groups in total. The summed E-state index contributed by atoms with van der Waals surface area (Å²) in [5, 5.41) is 3.09. The number of anilines is 2. The van der Waals surface area contributed by atoms with Gasteiger partial charge in [-0.25, -0.2) is 4.79 Å². The van der Waals surface area contributed by atoms with E-state index >= 15 is 0 Å². The molecule has 4 nitrogen and oxygen atoms in total. The molecule has 0 saturated carbocycles. The number of rotatable bonds is 3. The molecule has 76 valence electrons. The summed E-state index contributed by atoms with van der Waals surface area (Å²) in [6.07, 6.45) is 0. The van der Waals surface area contributed by atoms with Crippen LogP contribution in [0.4, 0.5) is 11.4 Å². The summed E-state index contributed by atoms with van der Waals surface area (Å²) in [6, 6.07) is 5.19. The van der Waals surface area contributed by atoms with Crippen molar-refractivity contribution < 1.29 is 9.53 Å². The number of ether oxygens (including phenoxy) is 1. The fourth-order valence-corrected chi connectivity index (χ4v) is 1.16. The Morgan fingerprint density at radius 2 is 2.29 bits per heavy atom. The second kappa shape index (κ2) is 4.50. The van der Waals surface area contributed by atoms with Crippen molar-refractivity contribution in [2.45, 2.75) is 6.92 Å². The summed E-state index contributed by atoms with van der Waals surface area (Å²) in [5.41, 5.74) is 7.32. The molecular formula is C10H14N2O2. The van der Waals surface area contributed by atoms with Crippen LogP contribution < -0.4 is 11.1 Å². The summed E-state index contributed by atoms with van der Waals surface area (Å²) in [4.78, 5) is 11.3. The molecule has 0 spiro atoms. The number of benzene rings is 1. The highest BCUT2D eigenvalue weighted by Gasteiger charge is 2.09. The van der Waals surface area contributed by atoms with Gasteiger partial charge in [-0.3, -0.25) is 0 Å². The first kappa shape index (κ1) is 10.4. The van der Waals surface area contributed by atoms with Crippen molar-refractivity contribution in [3.63, 3.8) is 0 Å². The quantitative estimate of drug-likeness (QED) is 0.565. The van der Waals surface area contributed by atoms with Gasteiger partial charge < -0.3 is 15.8 Å². The van der Waals surface area contributed by atoms with Gasteiger partial charge in [-0.15, -0.1) is 0 Å². The Labute approximate surface area is 83.1 Å². The SMILES string of the molecule is CCNc1ccc(N)c(C(=O)OC)c1. The van der Waals surface area contributed by atoms with Crippen LogP contribution in [0.2, 0.25) is 0 Å². The van der Waals surface area contributed by atoms with E-state index in [2.05, 4.69) is 10.1 Å². The highest BCUT2D eigenvalue weighted by atomic mass is 16.5. The first-order valence-corrected chi connectivity index (χ1v) is 4.40. The van der Waals surface area contributed by atoms with E-state index < -0.39 is 5.97 Å². The topological polar surface area (TPSA) is 64.3 Å². The molecule has 0 fully saturated rings. The lowest BCUT2D eigenvalue weighted by molar-refractivity contribution is 0.0602. The number of nitrogens with one attached hydrogen (secondary N) is 1. The van der Waals surface area contributed by atoms with Gasteiger partial charge in [0.05, 0.1) is 12.7 Å². The third-order valence-corrected chi connectivity index (χ3v) is 1.84. The van der Waals surface area contributed by atoms with Gasteiger partial charge in [0.1, 0.15) is 0 Å². The second-order valence-corrected chi connectivity index (χ2v) is 2.82. The van der Waals surface area contributed by atoms with Crippen molar-refractivity contribution in [2.24, 2.45) is 0 Å². The summed E-state index contributed by atoms with van der Waals surface area (Å²) in [6.45, 7) is 2.78. The molecule has 0 heterocycles. The summed E-state index contributed by atoms with van der Waals surface area (Å²) in [5.74, 6) is -0.415. The van der Waals surface area contributed by atoms with Crippen LogP contribution in [0, 0.1) is 0 Å². The second-order valence-electron chi connectivity index (χ2n) is 2.82. The Balaban J connectivity index is 3.01. The maximum atomic E-state index is 11.3. The van der Waals surface area contributed by atoms with Gasteiger partial charge >= 0.3 is 5.97 Å². The Bertz CT molecular complexity index is 337. The molecule has 1 aromatic rings. The Morgan fingerprint density at radius 3 is 2.86 bits per heavy atom. The smallest absolute Gasteiger partial charge is 0.340 e. The average molecular weight is 194 g/mol. The van der Waals surface area contributed by atoms with Gasteiger partial charge in [-0.2, -0.15) is 0 Å². The average Bonchev–Trinajstić information content (AvgIpc) is 2.20. The number of methoxy groups -OCH3 is 1. The molecule has 0 aromatic heterocycles. The lowest BCUT2D eigenvalue weighted by Gasteiger charge is -2.07. The monoisotopic (exact) mass is 194 g/mol. The zero-order chi connectivity index (χ0) is 10.6. The van der Waals surface area contributed by atoms with E-state index in [0.29, 0.717) is 11.3 Å². The van der Waals surface area contributed by atoms with Crippen LogP contribution in [0.25, 0.3) is 0 Å². The van der Waals surface area contributed by atoms with Crippen LogP contribution in [-0.4, -0.2) is 19.6 Å². The lowest BCUT2D eigenvalue weighted by Crippen LogP contribution is -2.07. The molecule has 0 saturated heterocycles. The van der Waals surface area contributed by atoms with E-state index in [1.807, 2.05) is 13.0 Å². The van der Waals surface area contributed by atoms with E-state index in [4.69, 9.17) is 5.73 Å². The van der Waals surface area contributed by atoms with Crippen LogP contribution in [-0.2, 0) is 4.74 Å². The molecule has 0 amide bonds. The van der Waals surface area contributed by atoms with Crippen molar-refractivity contribution in [1.29, 1.82) is 0 Å². The standard InChI is InChI=1S/C10H14N2O2/c1-3-12-7-4-5-9(11)8(6-7)10(13)14-2/h4-6,12H,3,11H2,1-2H3. The number of nitrogen functional groups attached to an aromatic ring is 1. The highest BCUT2D eigenvalue weighted by molar-refractivity contribution is 5.96. The molecule has 0 atom stereocenters. The number of carbonyl (C=O) groups excluding carboxylic acids is 1. The maximum Gasteiger partial charge on any atom is 0.340 e. The molecular weight excluding hydrogens is 180 g/mol. The van der Waals surface area contributed by atoms with Crippen molar-refractivity contribution in [1.82, 2.24) is 0 Å². The van der Waals surface area contributed by atoms with E-state index in [-0.39, 0.29) is 0 Å². The summed E-state index contributed by atoms with van der Waals surface area (Å²) >= 11 is 0. The zero-order valence-electron chi connectivity index (χ0n) is 8.33. The van der Waals surface area contributed by atoms with Crippen molar-refractivity contribution in [3.8, 4) is 0 Å². The minimum Gasteiger partial charge on any atom is -0.465 e. The van der Waals surface area contributed by atoms with Gasteiger partial charge in [0.2, 0.25) is 0 Å². The Morgan fingerprint density at radius 1 is 1.57 bits per heavy atom. The third kappa shape index (κ3) is 2.16. The van der Waals surface area contributed by atoms with Crippen molar-refractivity contribution >= 4 is 17.3 Å². The van der Waals surface area contributed by atoms with Gasteiger partial charge in [0.15, 0.2) is 0 Å². The summed E-state index contributed by atoms with van der Waals surface area (Å²) < 4.78 is 4.60. The predicted octanol–water partition coefficient (Wildman–Crippen LogP) is 1.49. The maximum absolute atomic E-state index is 11.3. The molecule has 0 bridgehead atoms. The third-order valence-electron chi connectivity index (χ3n) is 1.84. The van der Waals surface area contributed by atoms with Crippen LogP contribution in [0.5, 0.6) is 0 Å². The molecule has 0 aliphatic rings. The normalized spacial score (nSPS) is 9.57. The van der Waals surface area contributed by atoms with Gasteiger partial charge in [0, 0.05) is 17.9 Å². The highest BCUT2D eigenvalue weighted by Crippen LogP contribution is 2.18. The van der Waals surface area contributed by atoms with E-state index in [1.165, 1.54) is 7.11 Å².